The van der Waals surface area contributed by atoms with Gasteiger partial charge in [-0.15, -0.1) is 0 Å². The molecule has 0 bridgehead atoms. The standard InChI is InChI=1S/C31H22NO/c1-31(2)28-23-14-13-18-7-3-5-9-21(18)24(23)15-25-27(28)30-29(31)26-20(16-32(30)17-33-25)12-11-19-8-4-6-10-22(19)26/h3-16H,17H2,1-2H3/q+1. The van der Waals surface area contributed by atoms with E-state index in [-0.39, 0.29) is 5.41 Å². The Morgan fingerprint density at radius 3 is 2.24 bits per heavy atom. The van der Waals surface area contributed by atoms with Crippen LogP contribution in [0.15, 0.2) is 85.1 Å². The molecule has 1 aliphatic heterocycles. The van der Waals surface area contributed by atoms with Crippen LogP contribution in [0.5, 0.6) is 5.75 Å². The molecule has 0 radical (unpaired) electrons. The molecule has 0 spiro atoms. The van der Waals surface area contributed by atoms with Crippen LogP contribution in [0.3, 0.4) is 0 Å². The molecule has 0 atom stereocenters. The number of hydrogen-bond donors (Lipinski definition) is 0. The molecule has 2 heteroatoms. The number of fused-ring (bicyclic) bond motifs is 8. The summed E-state index contributed by atoms with van der Waals surface area (Å²) >= 11 is 0. The van der Waals surface area contributed by atoms with E-state index in [0.29, 0.717) is 6.73 Å². The number of pyridine rings is 1. The molecular weight excluding hydrogens is 402 g/mol. The summed E-state index contributed by atoms with van der Waals surface area (Å²) in [5, 5.41) is 10.5. The van der Waals surface area contributed by atoms with E-state index < -0.39 is 0 Å². The minimum atomic E-state index is -0.152. The van der Waals surface area contributed by atoms with Gasteiger partial charge in [0.1, 0.15) is 5.75 Å². The molecule has 0 N–H and O–H groups in total. The second-order valence-corrected chi connectivity index (χ2v) is 9.98. The third-order valence-electron chi connectivity index (χ3n) is 7.89. The quantitative estimate of drug-likeness (QED) is 0.185. The van der Waals surface area contributed by atoms with Gasteiger partial charge in [-0.2, -0.15) is 4.57 Å². The van der Waals surface area contributed by atoms with Crippen molar-refractivity contribution in [3.05, 3.63) is 96.2 Å². The molecule has 0 amide bonds. The maximum absolute atomic E-state index is 6.41. The smallest absolute Gasteiger partial charge is 0.292 e. The van der Waals surface area contributed by atoms with Crippen LogP contribution in [0.2, 0.25) is 0 Å². The number of aromatic nitrogens is 1. The Kier molecular flexibility index (Phi) is 3.05. The molecule has 1 aliphatic carbocycles. The third-order valence-corrected chi connectivity index (χ3v) is 7.89. The van der Waals surface area contributed by atoms with Gasteiger partial charge in [-0.3, -0.25) is 0 Å². The molecule has 5 aromatic carbocycles. The SMILES string of the molecule is CC1(C)c2c3c(cc4c2ccc2ccccc24)OC[n+]2cc4ccc5ccccc5c4c1c2-3. The van der Waals surface area contributed by atoms with Crippen molar-refractivity contribution in [2.24, 2.45) is 0 Å². The lowest BCUT2D eigenvalue weighted by molar-refractivity contribution is -0.716. The van der Waals surface area contributed by atoms with Gasteiger partial charge in [-0.25, -0.2) is 0 Å². The number of benzene rings is 5. The normalized spacial score (nSPS) is 15.3. The van der Waals surface area contributed by atoms with Crippen molar-refractivity contribution < 1.29 is 9.30 Å². The Morgan fingerprint density at radius 2 is 1.39 bits per heavy atom. The Bertz CT molecular complexity index is 1840. The number of ether oxygens (including phenoxy) is 1. The van der Waals surface area contributed by atoms with Gasteiger partial charge in [-0.1, -0.05) is 80.6 Å². The average molecular weight is 425 g/mol. The van der Waals surface area contributed by atoms with E-state index in [1.165, 1.54) is 65.5 Å². The van der Waals surface area contributed by atoms with Crippen LogP contribution >= 0.6 is 0 Å². The van der Waals surface area contributed by atoms with Crippen LogP contribution in [0.1, 0.15) is 25.0 Å². The van der Waals surface area contributed by atoms with Gasteiger partial charge in [0.25, 0.3) is 6.73 Å². The van der Waals surface area contributed by atoms with E-state index >= 15 is 0 Å². The van der Waals surface area contributed by atoms with Crippen molar-refractivity contribution in [1.29, 1.82) is 0 Å². The Hall–Kier alpha value is -3.91. The number of rotatable bonds is 0. The predicted octanol–water partition coefficient (Wildman–Crippen LogP) is 7.24. The zero-order chi connectivity index (χ0) is 21.9. The first-order valence-corrected chi connectivity index (χ1v) is 11.6. The predicted molar refractivity (Wildman–Crippen MR) is 135 cm³/mol. The first-order chi connectivity index (χ1) is 16.1. The summed E-state index contributed by atoms with van der Waals surface area (Å²) in [6.07, 6.45) is 2.28. The molecule has 0 fully saturated rings. The summed E-state index contributed by atoms with van der Waals surface area (Å²) < 4.78 is 8.73. The first-order valence-electron chi connectivity index (χ1n) is 11.6. The molecule has 2 heterocycles. The summed E-state index contributed by atoms with van der Waals surface area (Å²) in [7, 11) is 0. The van der Waals surface area contributed by atoms with Gasteiger partial charge in [0.2, 0.25) is 5.69 Å². The molecule has 33 heavy (non-hydrogen) atoms. The van der Waals surface area contributed by atoms with E-state index in [1.54, 1.807) is 0 Å². The fourth-order valence-electron chi connectivity index (χ4n) is 6.54. The van der Waals surface area contributed by atoms with Crippen molar-refractivity contribution in [2.45, 2.75) is 26.0 Å². The molecule has 0 saturated carbocycles. The summed E-state index contributed by atoms with van der Waals surface area (Å²) in [4.78, 5) is 0. The van der Waals surface area contributed by atoms with Crippen LogP contribution in [0.25, 0.3) is 54.3 Å². The van der Waals surface area contributed by atoms with Crippen molar-refractivity contribution in [3.63, 3.8) is 0 Å². The fourth-order valence-corrected chi connectivity index (χ4v) is 6.54. The zero-order valence-electron chi connectivity index (χ0n) is 18.6. The second-order valence-electron chi connectivity index (χ2n) is 9.98. The first kappa shape index (κ1) is 17.6. The molecule has 6 aromatic rings. The molecule has 0 saturated heterocycles. The van der Waals surface area contributed by atoms with Crippen molar-refractivity contribution in [3.8, 4) is 17.0 Å². The van der Waals surface area contributed by atoms with Crippen molar-refractivity contribution in [1.82, 2.24) is 0 Å². The summed E-state index contributed by atoms with van der Waals surface area (Å²) in [5.74, 6) is 1.01. The number of hydrogen-bond acceptors (Lipinski definition) is 1. The highest BCUT2D eigenvalue weighted by atomic mass is 16.5. The lowest BCUT2D eigenvalue weighted by Gasteiger charge is -2.24. The minimum absolute atomic E-state index is 0.152. The van der Waals surface area contributed by atoms with Gasteiger partial charge in [0.15, 0.2) is 6.20 Å². The lowest BCUT2D eigenvalue weighted by atomic mass is 9.77. The second kappa shape index (κ2) is 5.71. The summed E-state index contributed by atoms with van der Waals surface area (Å²) in [5.41, 5.74) is 5.27. The Morgan fingerprint density at radius 1 is 0.697 bits per heavy atom. The van der Waals surface area contributed by atoms with Gasteiger partial charge >= 0.3 is 0 Å². The maximum atomic E-state index is 6.41. The Balaban J connectivity index is 1.62. The van der Waals surface area contributed by atoms with Gasteiger partial charge in [-0.05, 0) is 50.0 Å². The van der Waals surface area contributed by atoms with E-state index in [0.717, 1.165) is 5.75 Å². The Labute approximate surface area is 191 Å². The van der Waals surface area contributed by atoms with E-state index in [1.807, 2.05) is 0 Å². The molecule has 1 aromatic heterocycles. The lowest BCUT2D eigenvalue weighted by Crippen LogP contribution is -2.41. The third kappa shape index (κ3) is 2.03. The topological polar surface area (TPSA) is 13.1 Å². The maximum Gasteiger partial charge on any atom is 0.292 e. The number of nitrogens with zero attached hydrogens (tertiary/aromatic N) is 1. The molecule has 8 rings (SSSR count). The highest BCUT2D eigenvalue weighted by molar-refractivity contribution is 6.16. The van der Waals surface area contributed by atoms with Gasteiger partial charge < -0.3 is 4.74 Å². The van der Waals surface area contributed by atoms with Crippen LogP contribution in [-0.2, 0) is 12.1 Å². The fraction of sp³-hybridized carbons (Fsp3) is 0.129. The molecular formula is C31H22NO+. The van der Waals surface area contributed by atoms with Gasteiger partial charge in [0.05, 0.1) is 5.56 Å². The van der Waals surface area contributed by atoms with E-state index in [4.69, 9.17) is 4.74 Å². The molecule has 2 aliphatic rings. The highest BCUT2D eigenvalue weighted by Crippen LogP contribution is 2.57. The summed E-state index contributed by atoms with van der Waals surface area (Å²) in [6.45, 7) is 5.34. The minimum Gasteiger partial charge on any atom is -0.435 e. The van der Waals surface area contributed by atoms with Gasteiger partial charge in [0, 0.05) is 21.8 Å². The average Bonchev–Trinajstić information content (AvgIpc) is 3.10. The van der Waals surface area contributed by atoms with E-state index in [9.17, 15) is 0 Å². The van der Waals surface area contributed by atoms with E-state index in [2.05, 4.69) is 103 Å². The molecule has 156 valence electrons. The molecule has 0 unspecified atom stereocenters. The van der Waals surface area contributed by atoms with Crippen LogP contribution in [0, 0.1) is 0 Å². The molecule has 2 nitrogen and oxygen atoms in total. The van der Waals surface area contributed by atoms with Crippen LogP contribution in [-0.4, -0.2) is 0 Å². The van der Waals surface area contributed by atoms with Crippen LogP contribution < -0.4 is 9.30 Å². The highest BCUT2D eigenvalue weighted by Gasteiger charge is 2.48. The van der Waals surface area contributed by atoms with Crippen molar-refractivity contribution >= 4 is 43.1 Å². The van der Waals surface area contributed by atoms with Crippen LogP contribution in [0.4, 0.5) is 0 Å². The zero-order valence-corrected chi connectivity index (χ0v) is 18.6. The summed E-state index contributed by atoms with van der Waals surface area (Å²) in [6, 6.07) is 28.8. The van der Waals surface area contributed by atoms with Crippen molar-refractivity contribution in [2.75, 3.05) is 0 Å². The largest absolute Gasteiger partial charge is 0.435 e. The monoisotopic (exact) mass is 424 g/mol.